The van der Waals surface area contributed by atoms with Gasteiger partial charge in [-0.05, 0) is 25.2 Å². The summed E-state index contributed by atoms with van der Waals surface area (Å²) in [5.41, 5.74) is 0.288. The summed E-state index contributed by atoms with van der Waals surface area (Å²) in [6, 6.07) is 1.50. The maximum Gasteiger partial charge on any atom is 0.172 e. The molecule has 0 unspecified atom stereocenters. The SMILES string of the molecule is COc1cc(O)c(C(=O)C(C)C)c2c1[C@H]1C[C@H](C(C)C)[C@@H](C=O)[C@@]1(C)O2. The Hall–Kier alpha value is -2.04. The van der Waals surface area contributed by atoms with Gasteiger partial charge in [0.15, 0.2) is 5.78 Å². The smallest absolute Gasteiger partial charge is 0.172 e. The van der Waals surface area contributed by atoms with Gasteiger partial charge in [0.2, 0.25) is 0 Å². The average Bonchev–Trinajstić information content (AvgIpc) is 3.01. The Morgan fingerprint density at radius 3 is 2.54 bits per heavy atom. The molecule has 1 aromatic carbocycles. The molecule has 1 saturated carbocycles. The van der Waals surface area contributed by atoms with Gasteiger partial charge >= 0.3 is 0 Å². The number of hydrogen-bond donors (Lipinski definition) is 1. The number of carbonyl (C=O) groups is 2. The summed E-state index contributed by atoms with van der Waals surface area (Å²) in [5.74, 6) is 0.559. The molecule has 5 nitrogen and oxygen atoms in total. The molecule has 4 atom stereocenters. The Bertz CT molecular complexity index is 751. The third-order valence-electron chi connectivity index (χ3n) is 6.25. The van der Waals surface area contributed by atoms with E-state index in [1.54, 1.807) is 21.0 Å². The number of Topliss-reactive ketones (excluding diaryl/α,β-unsaturated/α-hetero) is 1. The third kappa shape index (κ3) is 2.43. The van der Waals surface area contributed by atoms with E-state index in [1.165, 1.54) is 6.07 Å². The summed E-state index contributed by atoms with van der Waals surface area (Å²) in [5, 5.41) is 10.5. The van der Waals surface area contributed by atoms with Crippen LogP contribution in [0.4, 0.5) is 0 Å². The van der Waals surface area contributed by atoms with E-state index in [-0.39, 0.29) is 40.8 Å². The van der Waals surface area contributed by atoms with Crippen LogP contribution >= 0.6 is 0 Å². The number of methoxy groups -OCH3 is 1. The van der Waals surface area contributed by atoms with Crippen molar-refractivity contribution in [2.75, 3.05) is 7.11 Å². The Morgan fingerprint density at radius 2 is 2.04 bits per heavy atom. The number of fused-ring (bicyclic) bond motifs is 3. The van der Waals surface area contributed by atoms with E-state index in [1.807, 2.05) is 6.92 Å². The molecule has 3 rings (SSSR count). The van der Waals surface area contributed by atoms with Crippen LogP contribution in [-0.2, 0) is 4.79 Å². The van der Waals surface area contributed by atoms with Gasteiger partial charge in [-0.2, -0.15) is 0 Å². The van der Waals surface area contributed by atoms with Crippen LogP contribution in [0.25, 0.3) is 0 Å². The monoisotopic (exact) mass is 360 g/mol. The highest BCUT2D eigenvalue weighted by Crippen LogP contribution is 2.63. The standard InChI is InChI=1S/C21H28O5/c1-10(2)12-7-13-17-16(25-6)8-15(23)18(19(24)11(3)4)20(17)26-21(13,5)14(12)9-22/h8-14,23H,7H2,1-6H3/t12-,13-,14-,21+/m1/s1. The quantitative estimate of drug-likeness (QED) is 0.635. The maximum atomic E-state index is 12.7. The molecule has 1 aliphatic heterocycles. The van der Waals surface area contributed by atoms with Crippen molar-refractivity contribution in [3.63, 3.8) is 0 Å². The third-order valence-corrected chi connectivity index (χ3v) is 6.25. The van der Waals surface area contributed by atoms with Crippen molar-refractivity contribution in [1.82, 2.24) is 0 Å². The molecule has 26 heavy (non-hydrogen) atoms. The molecule has 1 N–H and O–H groups in total. The Kier molecular flexibility index (Phi) is 4.53. The molecule has 5 heteroatoms. The summed E-state index contributed by atoms with van der Waals surface area (Å²) in [6.07, 6.45) is 1.79. The van der Waals surface area contributed by atoms with Gasteiger partial charge in [-0.1, -0.05) is 27.7 Å². The zero-order valence-electron chi connectivity index (χ0n) is 16.3. The Morgan fingerprint density at radius 1 is 1.38 bits per heavy atom. The Balaban J connectivity index is 2.22. The number of phenols is 1. The molecular weight excluding hydrogens is 332 g/mol. The van der Waals surface area contributed by atoms with Crippen LogP contribution in [0.1, 0.15) is 62.9 Å². The summed E-state index contributed by atoms with van der Waals surface area (Å²) in [6.45, 7) is 9.76. The van der Waals surface area contributed by atoms with E-state index in [9.17, 15) is 14.7 Å². The topological polar surface area (TPSA) is 72.8 Å². The minimum atomic E-state index is -0.730. The summed E-state index contributed by atoms with van der Waals surface area (Å²) >= 11 is 0. The molecule has 0 spiro atoms. The molecule has 0 aromatic heterocycles. The van der Waals surface area contributed by atoms with Gasteiger partial charge in [0.1, 0.15) is 34.7 Å². The molecule has 2 aliphatic rings. The highest BCUT2D eigenvalue weighted by molar-refractivity contribution is 6.03. The molecular formula is C21H28O5. The predicted molar refractivity (Wildman–Crippen MR) is 98.1 cm³/mol. The number of ether oxygens (including phenoxy) is 2. The van der Waals surface area contributed by atoms with Gasteiger partial charge in [0, 0.05) is 23.5 Å². The fourth-order valence-electron chi connectivity index (χ4n) is 4.77. The number of hydrogen-bond acceptors (Lipinski definition) is 5. The van der Waals surface area contributed by atoms with Crippen molar-refractivity contribution in [1.29, 1.82) is 0 Å². The van der Waals surface area contributed by atoms with Crippen LogP contribution in [0.3, 0.4) is 0 Å². The maximum absolute atomic E-state index is 12.7. The van der Waals surface area contributed by atoms with Gasteiger partial charge in [0.25, 0.3) is 0 Å². The van der Waals surface area contributed by atoms with E-state index < -0.39 is 5.60 Å². The van der Waals surface area contributed by atoms with Gasteiger partial charge in [0.05, 0.1) is 13.0 Å². The first-order valence-corrected chi connectivity index (χ1v) is 9.29. The zero-order chi connectivity index (χ0) is 19.4. The number of aromatic hydroxyl groups is 1. The lowest BCUT2D eigenvalue weighted by atomic mass is 9.81. The Labute approximate surface area is 154 Å². The molecule has 0 bridgehead atoms. The van der Waals surface area contributed by atoms with Crippen LogP contribution in [0.15, 0.2) is 6.07 Å². The minimum Gasteiger partial charge on any atom is -0.507 e. The second-order valence-corrected chi connectivity index (χ2v) is 8.38. The second-order valence-electron chi connectivity index (χ2n) is 8.38. The second kappa shape index (κ2) is 6.29. The molecule has 142 valence electrons. The van der Waals surface area contributed by atoms with E-state index in [2.05, 4.69) is 13.8 Å². The van der Waals surface area contributed by atoms with Gasteiger partial charge in [-0.3, -0.25) is 4.79 Å². The van der Waals surface area contributed by atoms with Gasteiger partial charge in [-0.15, -0.1) is 0 Å². The molecule has 1 aromatic rings. The number of rotatable bonds is 5. The lowest BCUT2D eigenvalue weighted by Crippen LogP contribution is -2.40. The van der Waals surface area contributed by atoms with E-state index in [0.717, 1.165) is 18.3 Å². The summed E-state index contributed by atoms with van der Waals surface area (Å²) in [4.78, 5) is 24.7. The normalized spacial score (nSPS) is 29.5. The number of carbonyl (C=O) groups excluding carboxylic acids is 2. The lowest BCUT2D eigenvalue weighted by molar-refractivity contribution is -0.117. The first-order valence-electron chi connectivity index (χ1n) is 9.29. The largest absolute Gasteiger partial charge is 0.507 e. The van der Waals surface area contributed by atoms with Crippen molar-refractivity contribution in [2.45, 2.75) is 52.6 Å². The molecule has 1 aliphatic carbocycles. The lowest BCUT2D eigenvalue weighted by Gasteiger charge is -2.31. The van der Waals surface area contributed by atoms with Crippen molar-refractivity contribution in [2.24, 2.45) is 23.7 Å². The van der Waals surface area contributed by atoms with E-state index in [4.69, 9.17) is 9.47 Å². The number of phenolic OH excluding ortho intramolecular Hbond substituents is 1. The van der Waals surface area contributed by atoms with Crippen LogP contribution in [0.2, 0.25) is 0 Å². The molecule has 1 heterocycles. The van der Waals surface area contributed by atoms with Crippen molar-refractivity contribution in [3.8, 4) is 17.2 Å². The molecule has 0 amide bonds. The van der Waals surface area contributed by atoms with Crippen molar-refractivity contribution in [3.05, 3.63) is 17.2 Å². The fraction of sp³-hybridized carbons (Fsp3) is 0.619. The fourth-order valence-corrected chi connectivity index (χ4v) is 4.77. The van der Waals surface area contributed by atoms with Crippen molar-refractivity contribution < 1.29 is 24.2 Å². The van der Waals surface area contributed by atoms with Crippen LogP contribution in [0.5, 0.6) is 17.2 Å². The van der Waals surface area contributed by atoms with E-state index in [0.29, 0.717) is 17.4 Å². The van der Waals surface area contributed by atoms with Gasteiger partial charge < -0.3 is 19.4 Å². The number of benzene rings is 1. The van der Waals surface area contributed by atoms with Gasteiger partial charge in [-0.25, -0.2) is 0 Å². The summed E-state index contributed by atoms with van der Waals surface area (Å²) in [7, 11) is 1.54. The molecule has 1 fully saturated rings. The van der Waals surface area contributed by atoms with Crippen LogP contribution in [0, 0.1) is 23.7 Å². The van der Waals surface area contributed by atoms with Crippen molar-refractivity contribution >= 4 is 12.1 Å². The highest BCUT2D eigenvalue weighted by Gasteiger charge is 2.61. The van der Waals surface area contributed by atoms with E-state index >= 15 is 0 Å². The predicted octanol–water partition coefficient (Wildman–Crippen LogP) is 3.97. The zero-order valence-corrected chi connectivity index (χ0v) is 16.3. The first kappa shape index (κ1) is 18.7. The summed E-state index contributed by atoms with van der Waals surface area (Å²) < 4.78 is 11.8. The number of aldehydes is 1. The number of ketones is 1. The first-order chi connectivity index (χ1) is 12.2. The molecule has 0 radical (unpaired) electrons. The minimum absolute atomic E-state index is 0.0469. The van der Waals surface area contributed by atoms with Crippen LogP contribution < -0.4 is 9.47 Å². The highest BCUT2D eigenvalue weighted by atomic mass is 16.5. The average molecular weight is 360 g/mol. The molecule has 0 saturated heterocycles. The van der Waals surface area contributed by atoms with Crippen LogP contribution in [-0.4, -0.2) is 29.9 Å².